The van der Waals surface area contributed by atoms with Crippen LogP contribution in [-0.2, 0) is 6.42 Å². The van der Waals surface area contributed by atoms with E-state index in [1.54, 1.807) is 0 Å². The first kappa shape index (κ1) is 18.4. The zero-order valence-electron chi connectivity index (χ0n) is 16.1. The van der Waals surface area contributed by atoms with Gasteiger partial charge in [0, 0.05) is 49.4 Å². The van der Waals surface area contributed by atoms with Gasteiger partial charge in [-0.25, -0.2) is 9.97 Å². The van der Waals surface area contributed by atoms with Crippen LogP contribution >= 0.6 is 0 Å². The number of aryl methyl sites for hydroxylation is 1. The monoisotopic (exact) mass is 378 g/mol. The summed E-state index contributed by atoms with van der Waals surface area (Å²) in [6.07, 6.45) is 2.97. The van der Waals surface area contributed by atoms with Crippen LogP contribution < -0.4 is 16.0 Å². The Kier molecular flexibility index (Phi) is 5.48. The minimum absolute atomic E-state index is 0.304. The van der Waals surface area contributed by atoms with Crippen molar-refractivity contribution in [2.45, 2.75) is 32.2 Å². The summed E-state index contributed by atoms with van der Waals surface area (Å²) >= 11 is 0. The molecule has 28 heavy (non-hydrogen) atoms. The molecule has 0 bridgehead atoms. The Balaban J connectivity index is 1.33. The number of rotatable bonds is 6. The van der Waals surface area contributed by atoms with E-state index in [4.69, 9.17) is 10.7 Å². The third kappa shape index (κ3) is 4.45. The van der Waals surface area contributed by atoms with Gasteiger partial charge in [0.05, 0.1) is 0 Å². The Morgan fingerprint density at radius 1 is 1.14 bits per heavy atom. The second kappa shape index (κ2) is 8.35. The highest BCUT2D eigenvalue weighted by Gasteiger charge is 2.20. The van der Waals surface area contributed by atoms with Gasteiger partial charge in [-0.15, -0.1) is 5.10 Å². The van der Waals surface area contributed by atoms with Crippen LogP contribution in [0.3, 0.4) is 0 Å². The number of nitrogens with one attached hydrogen (secondary N) is 2. The van der Waals surface area contributed by atoms with E-state index >= 15 is 0 Å². The zero-order valence-corrected chi connectivity index (χ0v) is 16.1. The van der Waals surface area contributed by atoms with Crippen LogP contribution in [0.15, 0.2) is 36.4 Å². The Hall–Kier alpha value is -3.00. The van der Waals surface area contributed by atoms with Gasteiger partial charge in [-0.3, -0.25) is 5.10 Å². The maximum Gasteiger partial charge on any atom is 0.239 e. The van der Waals surface area contributed by atoms with Gasteiger partial charge < -0.3 is 16.0 Å². The van der Waals surface area contributed by atoms with Crippen molar-refractivity contribution in [3.8, 4) is 11.4 Å². The molecule has 0 aliphatic carbocycles. The average molecular weight is 378 g/mol. The molecule has 1 fully saturated rings. The van der Waals surface area contributed by atoms with E-state index in [-0.39, 0.29) is 0 Å². The van der Waals surface area contributed by atoms with Crippen LogP contribution in [0.2, 0.25) is 0 Å². The van der Waals surface area contributed by atoms with E-state index in [1.807, 2.05) is 25.1 Å². The summed E-state index contributed by atoms with van der Waals surface area (Å²) < 4.78 is 0. The Labute approximate surface area is 164 Å². The summed E-state index contributed by atoms with van der Waals surface area (Å²) in [4.78, 5) is 15.9. The van der Waals surface area contributed by atoms with Crippen molar-refractivity contribution in [2.24, 2.45) is 0 Å². The standard InChI is InChI=1S/C20H26N8/c1-14-13-18(25-19(23-14)15-5-3-2-4-6-15)28-11-8-16(9-12-28)22-10-7-17-24-20(21)27-26-17/h2-6,13,16,22H,7-12H2,1H3,(H3,21,24,26,27). The number of piperidine rings is 1. The summed E-state index contributed by atoms with van der Waals surface area (Å²) in [7, 11) is 0. The number of nitrogens with zero attached hydrogens (tertiary/aromatic N) is 5. The van der Waals surface area contributed by atoms with Crippen LogP contribution in [-0.4, -0.2) is 50.8 Å². The van der Waals surface area contributed by atoms with Crippen LogP contribution in [0.5, 0.6) is 0 Å². The maximum atomic E-state index is 5.53. The van der Waals surface area contributed by atoms with E-state index in [2.05, 4.69) is 48.6 Å². The molecular weight excluding hydrogens is 352 g/mol. The number of benzene rings is 1. The third-order valence-corrected chi connectivity index (χ3v) is 5.04. The summed E-state index contributed by atoms with van der Waals surface area (Å²) in [5, 5.41) is 10.3. The molecule has 3 heterocycles. The molecule has 0 saturated carbocycles. The SMILES string of the molecule is Cc1cc(N2CCC(NCCc3nc(N)n[nH]3)CC2)nc(-c2ccccc2)n1. The highest BCUT2D eigenvalue weighted by Crippen LogP contribution is 2.22. The first-order valence-corrected chi connectivity index (χ1v) is 9.73. The van der Waals surface area contributed by atoms with E-state index in [1.165, 1.54) is 0 Å². The van der Waals surface area contributed by atoms with Crippen LogP contribution in [0.25, 0.3) is 11.4 Å². The number of nitrogen functional groups attached to an aromatic ring is 1. The molecule has 146 valence electrons. The molecule has 4 rings (SSSR count). The Morgan fingerprint density at radius 3 is 2.64 bits per heavy atom. The lowest BCUT2D eigenvalue weighted by Crippen LogP contribution is -2.43. The topological polar surface area (TPSA) is 109 Å². The number of aromatic amines is 1. The normalized spacial score (nSPS) is 15.1. The van der Waals surface area contributed by atoms with Crippen LogP contribution in [0, 0.1) is 6.92 Å². The number of hydrogen-bond acceptors (Lipinski definition) is 7. The van der Waals surface area contributed by atoms with Crippen molar-refractivity contribution in [1.82, 2.24) is 30.5 Å². The van der Waals surface area contributed by atoms with Crippen molar-refractivity contribution < 1.29 is 0 Å². The van der Waals surface area contributed by atoms with Crippen molar-refractivity contribution in [3.05, 3.63) is 47.9 Å². The van der Waals surface area contributed by atoms with E-state index in [0.717, 1.165) is 67.6 Å². The molecule has 1 aromatic carbocycles. The summed E-state index contributed by atoms with van der Waals surface area (Å²) in [6, 6.07) is 12.7. The van der Waals surface area contributed by atoms with Gasteiger partial charge in [0.15, 0.2) is 5.82 Å². The molecule has 2 aromatic heterocycles. The molecule has 0 amide bonds. The number of aromatic nitrogens is 5. The molecule has 3 aromatic rings. The van der Waals surface area contributed by atoms with Crippen LogP contribution in [0.4, 0.5) is 11.8 Å². The molecule has 0 unspecified atom stereocenters. The van der Waals surface area contributed by atoms with Crippen molar-refractivity contribution in [2.75, 3.05) is 30.3 Å². The maximum absolute atomic E-state index is 5.53. The number of H-pyrrole nitrogens is 1. The molecular formula is C20H26N8. The fourth-order valence-electron chi connectivity index (χ4n) is 3.56. The molecule has 0 atom stereocenters. The Bertz CT molecular complexity index is 900. The van der Waals surface area contributed by atoms with Crippen molar-refractivity contribution in [3.63, 3.8) is 0 Å². The van der Waals surface area contributed by atoms with Gasteiger partial charge in [0.1, 0.15) is 11.6 Å². The lowest BCUT2D eigenvalue weighted by atomic mass is 10.0. The molecule has 4 N–H and O–H groups in total. The smallest absolute Gasteiger partial charge is 0.239 e. The van der Waals surface area contributed by atoms with Gasteiger partial charge in [-0.05, 0) is 19.8 Å². The van der Waals surface area contributed by atoms with E-state index in [9.17, 15) is 0 Å². The minimum Gasteiger partial charge on any atom is -0.367 e. The molecule has 1 saturated heterocycles. The summed E-state index contributed by atoms with van der Waals surface area (Å²) in [5.74, 6) is 2.94. The average Bonchev–Trinajstić information content (AvgIpc) is 3.14. The summed E-state index contributed by atoms with van der Waals surface area (Å²) in [5.41, 5.74) is 7.58. The van der Waals surface area contributed by atoms with E-state index < -0.39 is 0 Å². The molecule has 1 aliphatic heterocycles. The molecule has 8 nitrogen and oxygen atoms in total. The second-order valence-electron chi connectivity index (χ2n) is 7.16. The molecule has 8 heteroatoms. The van der Waals surface area contributed by atoms with Gasteiger partial charge >= 0.3 is 0 Å². The predicted molar refractivity (Wildman–Crippen MR) is 110 cm³/mol. The van der Waals surface area contributed by atoms with Gasteiger partial charge in [-0.1, -0.05) is 30.3 Å². The van der Waals surface area contributed by atoms with Crippen LogP contribution in [0.1, 0.15) is 24.4 Å². The van der Waals surface area contributed by atoms with Gasteiger partial charge in [0.2, 0.25) is 5.95 Å². The lowest BCUT2D eigenvalue weighted by molar-refractivity contribution is 0.415. The fourth-order valence-corrected chi connectivity index (χ4v) is 3.56. The highest BCUT2D eigenvalue weighted by molar-refractivity contribution is 5.57. The first-order valence-electron chi connectivity index (χ1n) is 9.73. The first-order chi connectivity index (χ1) is 13.7. The predicted octanol–water partition coefficient (Wildman–Crippen LogP) is 1.95. The molecule has 0 spiro atoms. The quantitative estimate of drug-likeness (QED) is 0.601. The second-order valence-corrected chi connectivity index (χ2v) is 7.16. The third-order valence-electron chi connectivity index (χ3n) is 5.04. The lowest BCUT2D eigenvalue weighted by Gasteiger charge is -2.33. The van der Waals surface area contributed by atoms with E-state index in [0.29, 0.717) is 12.0 Å². The highest BCUT2D eigenvalue weighted by atomic mass is 15.3. The zero-order chi connectivity index (χ0) is 19.3. The molecule has 0 radical (unpaired) electrons. The summed E-state index contributed by atoms with van der Waals surface area (Å²) in [6.45, 7) is 4.86. The van der Waals surface area contributed by atoms with Crippen molar-refractivity contribution in [1.29, 1.82) is 0 Å². The molecule has 1 aliphatic rings. The fraction of sp³-hybridized carbons (Fsp3) is 0.400. The van der Waals surface area contributed by atoms with Gasteiger partial charge in [0.25, 0.3) is 0 Å². The largest absolute Gasteiger partial charge is 0.367 e. The van der Waals surface area contributed by atoms with Crippen molar-refractivity contribution >= 4 is 11.8 Å². The minimum atomic E-state index is 0.304. The number of hydrogen-bond donors (Lipinski definition) is 3. The van der Waals surface area contributed by atoms with Gasteiger partial charge in [-0.2, -0.15) is 4.98 Å². The number of anilines is 2. The number of nitrogens with two attached hydrogens (primary N) is 1. The Morgan fingerprint density at radius 2 is 1.93 bits per heavy atom.